The summed E-state index contributed by atoms with van der Waals surface area (Å²) in [6, 6.07) is 4.10. The largest absolute Gasteiger partial charge is 0.468 e. The molecule has 220 valence electrons. The van der Waals surface area contributed by atoms with Crippen molar-refractivity contribution in [2.24, 2.45) is 16.7 Å². The Labute approximate surface area is 233 Å². The van der Waals surface area contributed by atoms with Crippen molar-refractivity contribution < 1.29 is 38.1 Å². The summed E-state index contributed by atoms with van der Waals surface area (Å²) >= 11 is 0. The second-order valence-corrected chi connectivity index (χ2v) is 12.4. The second kappa shape index (κ2) is 15.6. The Morgan fingerprint density at radius 1 is 0.872 bits per heavy atom. The van der Waals surface area contributed by atoms with Crippen molar-refractivity contribution in [3.63, 3.8) is 0 Å². The van der Waals surface area contributed by atoms with Gasteiger partial charge in [-0.2, -0.15) is 0 Å². The molecule has 0 aliphatic rings. The molecule has 0 radical (unpaired) electrons. The average Bonchev–Trinajstić information content (AvgIpc) is 2.79. The summed E-state index contributed by atoms with van der Waals surface area (Å²) in [6.07, 6.45) is 1.78. The minimum absolute atomic E-state index is 0.103. The van der Waals surface area contributed by atoms with Crippen LogP contribution in [0.15, 0.2) is 18.2 Å². The molecule has 0 aliphatic carbocycles. The summed E-state index contributed by atoms with van der Waals surface area (Å²) in [5.74, 6) is -1.20. The van der Waals surface area contributed by atoms with Crippen molar-refractivity contribution in [2.75, 3.05) is 20.3 Å². The van der Waals surface area contributed by atoms with E-state index in [0.717, 1.165) is 6.42 Å². The molecule has 0 heterocycles. The lowest BCUT2D eigenvalue weighted by Crippen LogP contribution is -2.41. The molecule has 0 saturated heterocycles. The molecule has 9 nitrogen and oxygen atoms in total. The van der Waals surface area contributed by atoms with E-state index in [4.69, 9.17) is 18.9 Å². The Balaban J connectivity index is 3.03. The first kappa shape index (κ1) is 34.1. The Hall–Kier alpha value is -2.94. The first-order valence-electron chi connectivity index (χ1n) is 13.5. The Morgan fingerprint density at radius 3 is 1.95 bits per heavy atom. The summed E-state index contributed by atoms with van der Waals surface area (Å²) < 4.78 is 21.4. The Morgan fingerprint density at radius 2 is 1.44 bits per heavy atom. The van der Waals surface area contributed by atoms with E-state index in [1.807, 2.05) is 55.4 Å². The van der Waals surface area contributed by atoms with Crippen LogP contribution in [0.1, 0.15) is 86.6 Å². The third-order valence-corrected chi connectivity index (χ3v) is 5.70. The number of ether oxygens (including phenoxy) is 4. The van der Waals surface area contributed by atoms with Crippen LogP contribution in [0.2, 0.25) is 0 Å². The van der Waals surface area contributed by atoms with Crippen molar-refractivity contribution >= 4 is 23.9 Å². The molecule has 1 N–H and O–H groups in total. The molecule has 0 saturated carbocycles. The van der Waals surface area contributed by atoms with Gasteiger partial charge in [0.15, 0.2) is 11.5 Å². The molecule has 9 heteroatoms. The molecule has 0 spiro atoms. The lowest BCUT2D eigenvalue weighted by Gasteiger charge is -2.20. The minimum Gasteiger partial charge on any atom is -0.468 e. The number of hydrogen-bond donors (Lipinski definition) is 1. The highest BCUT2D eigenvalue weighted by Gasteiger charge is 2.24. The van der Waals surface area contributed by atoms with Gasteiger partial charge in [0.05, 0.1) is 20.0 Å². The molecule has 1 aromatic carbocycles. The predicted octanol–water partition coefficient (Wildman–Crippen LogP) is 5.02. The molecule has 0 amide bonds. The van der Waals surface area contributed by atoms with E-state index in [0.29, 0.717) is 12.0 Å². The molecular weight excluding hydrogens is 502 g/mol. The van der Waals surface area contributed by atoms with E-state index in [2.05, 4.69) is 5.32 Å². The summed E-state index contributed by atoms with van der Waals surface area (Å²) in [5.41, 5.74) is 0.0819. The van der Waals surface area contributed by atoms with Crippen LogP contribution >= 0.6 is 0 Å². The van der Waals surface area contributed by atoms with Crippen LogP contribution in [-0.2, 0) is 35.1 Å². The molecule has 0 fully saturated rings. The van der Waals surface area contributed by atoms with Gasteiger partial charge in [-0.3, -0.25) is 19.2 Å². The van der Waals surface area contributed by atoms with Gasteiger partial charge >= 0.3 is 23.9 Å². The third kappa shape index (κ3) is 14.7. The normalized spacial score (nSPS) is 13.3. The highest BCUT2D eigenvalue weighted by Crippen LogP contribution is 2.32. The van der Waals surface area contributed by atoms with Crippen molar-refractivity contribution in [2.45, 2.75) is 93.5 Å². The topological polar surface area (TPSA) is 117 Å². The van der Waals surface area contributed by atoms with E-state index in [1.54, 1.807) is 18.2 Å². The van der Waals surface area contributed by atoms with Gasteiger partial charge in [-0.25, -0.2) is 0 Å². The molecule has 1 aromatic rings. The number of esters is 4. The number of hydrogen-bond acceptors (Lipinski definition) is 9. The fourth-order valence-corrected chi connectivity index (χ4v) is 3.53. The van der Waals surface area contributed by atoms with Gasteiger partial charge in [-0.15, -0.1) is 0 Å². The zero-order chi connectivity index (χ0) is 29.8. The lowest BCUT2D eigenvalue weighted by atomic mass is 9.92. The zero-order valence-corrected chi connectivity index (χ0v) is 25.1. The maximum absolute atomic E-state index is 12.6. The van der Waals surface area contributed by atoms with Crippen LogP contribution in [-0.4, -0.2) is 50.2 Å². The van der Waals surface area contributed by atoms with Crippen LogP contribution in [0, 0.1) is 16.7 Å². The van der Waals surface area contributed by atoms with E-state index in [-0.39, 0.29) is 66.6 Å². The van der Waals surface area contributed by atoms with Gasteiger partial charge in [0, 0.05) is 13.0 Å². The molecule has 1 unspecified atom stereocenters. The van der Waals surface area contributed by atoms with Crippen LogP contribution in [0.25, 0.3) is 0 Å². The first-order chi connectivity index (χ1) is 18.0. The van der Waals surface area contributed by atoms with E-state index in [9.17, 15) is 19.2 Å². The number of nitrogens with one attached hydrogen (secondary N) is 1. The monoisotopic (exact) mass is 549 g/mol. The molecule has 0 bridgehead atoms. The van der Waals surface area contributed by atoms with Crippen LogP contribution in [0.3, 0.4) is 0 Å². The van der Waals surface area contributed by atoms with Crippen LogP contribution in [0.5, 0.6) is 11.5 Å². The Bertz CT molecular complexity index is 974. The number of benzene rings is 1. The fraction of sp³-hybridized carbons (Fsp3) is 0.667. The highest BCUT2D eigenvalue weighted by atomic mass is 16.6. The average molecular weight is 550 g/mol. The quantitative estimate of drug-likeness (QED) is 0.194. The first-order valence-corrected chi connectivity index (χ1v) is 13.5. The molecule has 0 aromatic heterocycles. The number of carbonyl (C=O) groups excluding carboxylic acids is 4. The minimum atomic E-state index is -0.740. The predicted molar refractivity (Wildman–Crippen MR) is 148 cm³/mol. The number of rotatable bonds is 14. The van der Waals surface area contributed by atoms with Gasteiger partial charge in [0.2, 0.25) is 0 Å². The second-order valence-electron chi connectivity index (χ2n) is 12.4. The molecular formula is C30H47NO8. The number of methoxy groups -OCH3 is 1. The fourth-order valence-electron chi connectivity index (χ4n) is 3.53. The maximum Gasteiger partial charge on any atom is 0.323 e. The smallest absolute Gasteiger partial charge is 0.323 e. The summed E-state index contributed by atoms with van der Waals surface area (Å²) in [4.78, 5) is 49.5. The zero-order valence-electron chi connectivity index (χ0n) is 25.1. The van der Waals surface area contributed by atoms with E-state index >= 15 is 0 Å². The van der Waals surface area contributed by atoms with Gasteiger partial charge < -0.3 is 24.3 Å². The number of carbonyl (C=O) groups is 4. The lowest BCUT2D eigenvalue weighted by molar-refractivity contribution is -0.145. The van der Waals surface area contributed by atoms with Crippen molar-refractivity contribution in [3.05, 3.63) is 23.8 Å². The van der Waals surface area contributed by atoms with Crippen molar-refractivity contribution in [1.29, 1.82) is 0 Å². The van der Waals surface area contributed by atoms with Crippen molar-refractivity contribution in [1.82, 2.24) is 5.32 Å². The standard InChI is InChI=1S/C30H47NO8/c1-10-20(2)15-25(32)37-14-13-31-22(28(35)36-9)16-21-11-12-23(38-26(33)18-29(3,4)5)24(17-21)39-27(34)19-30(6,7)8/h11-12,17,20,22,31H,10,13-16,18-19H2,1-9H3/t20?,22-/m0/s1. The SMILES string of the molecule is CCC(C)CC(=O)OCCN[C@@H](Cc1ccc(OC(=O)CC(C)(C)C)c(OC(=O)CC(C)(C)C)c1)C(=O)OC. The van der Waals surface area contributed by atoms with Crippen LogP contribution < -0.4 is 14.8 Å². The molecule has 2 atom stereocenters. The van der Waals surface area contributed by atoms with Gasteiger partial charge in [-0.05, 0) is 40.9 Å². The van der Waals surface area contributed by atoms with E-state index < -0.39 is 23.9 Å². The highest BCUT2D eigenvalue weighted by molar-refractivity contribution is 5.78. The van der Waals surface area contributed by atoms with Gasteiger partial charge in [-0.1, -0.05) is 67.9 Å². The van der Waals surface area contributed by atoms with Crippen molar-refractivity contribution in [3.8, 4) is 11.5 Å². The summed E-state index contributed by atoms with van der Waals surface area (Å²) in [6.45, 7) is 15.9. The molecule has 0 aliphatic heterocycles. The van der Waals surface area contributed by atoms with Gasteiger partial charge in [0.25, 0.3) is 0 Å². The molecule has 1 rings (SSSR count). The maximum atomic E-state index is 12.6. The summed E-state index contributed by atoms with van der Waals surface area (Å²) in [7, 11) is 1.29. The van der Waals surface area contributed by atoms with Crippen LogP contribution in [0.4, 0.5) is 0 Å². The summed E-state index contributed by atoms with van der Waals surface area (Å²) in [5, 5.41) is 3.06. The Kier molecular flexibility index (Phi) is 13.6. The van der Waals surface area contributed by atoms with E-state index in [1.165, 1.54) is 7.11 Å². The van der Waals surface area contributed by atoms with Gasteiger partial charge in [0.1, 0.15) is 12.6 Å². The molecule has 39 heavy (non-hydrogen) atoms. The third-order valence-electron chi connectivity index (χ3n) is 5.70.